The lowest BCUT2D eigenvalue weighted by Gasteiger charge is -2.37. The standard InChI is InChI=1S/C29H32Cl2N8O2/c1-17-7-9-18(10-8-17)15-39-25-24(20-13-22(30)33-23(31)14-20)34-28(26(32)37-40)35-27(25)36-29(39)38-11-12-41-16-21(38)19-5-3-2-4-6-19/h2-6,13-14,17-18,21,40H,7-12,15-16H2,1H3,(H2,32,37)/t17-,18-,21-/m0/s1. The van der Waals surface area contributed by atoms with Crippen LogP contribution in [0.3, 0.4) is 0 Å². The first-order valence-corrected chi connectivity index (χ1v) is 14.7. The number of hydrogen-bond donors (Lipinski definition) is 3. The van der Waals surface area contributed by atoms with Crippen LogP contribution in [0.5, 0.6) is 0 Å². The summed E-state index contributed by atoms with van der Waals surface area (Å²) in [5.74, 6) is 1.63. The van der Waals surface area contributed by atoms with Gasteiger partial charge in [0.05, 0.1) is 19.3 Å². The molecule has 3 N–H and O–H groups in total. The van der Waals surface area contributed by atoms with Crippen molar-refractivity contribution < 1.29 is 9.94 Å². The van der Waals surface area contributed by atoms with Crippen molar-refractivity contribution in [3.63, 3.8) is 0 Å². The van der Waals surface area contributed by atoms with E-state index in [9.17, 15) is 5.21 Å². The summed E-state index contributed by atoms with van der Waals surface area (Å²) in [4.78, 5) is 20.8. The average Bonchev–Trinajstić information content (AvgIpc) is 3.35. The van der Waals surface area contributed by atoms with E-state index in [0.29, 0.717) is 42.6 Å². The Morgan fingerprint density at radius 2 is 1.78 bits per heavy atom. The van der Waals surface area contributed by atoms with Crippen LogP contribution in [0.1, 0.15) is 50.0 Å². The zero-order valence-electron chi connectivity index (χ0n) is 22.7. The van der Waals surface area contributed by atoms with Crippen molar-refractivity contribution in [2.75, 3.05) is 24.7 Å². The van der Waals surface area contributed by atoms with Gasteiger partial charge in [-0.15, -0.1) is 0 Å². The van der Waals surface area contributed by atoms with Crippen LogP contribution in [0.2, 0.25) is 10.3 Å². The topological polar surface area (TPSA) is 125 Å². The van der Waals surface area contributed by atoms with Gasteiger partial charge in [-0.25, -0.2) is 20.4 Å². The third-order valence-corrected chi connectivity index (χ3v) is 8.49. The molecule has 4 aromatic rings. The number of nitrogens with one attached hydrogen (secondary N) is 2. The molecular weight excluding hydrogens is 563 g/mol. The van der Waals surface area contributed by atoms with Crippen LogP contribution in [0, 0.1) is 17.2 Å². The van der Waals surface area contributed by atoms with E-state index in [0.717, 1.165) is 42.3 Å². The number of pyridine rings is 1. The van der Waals surface area contributed by atoms with Crippen molar-refractivity contribution in [2.24, 2.45) is 11.8 Å². The minimum absolute atomic E-state index is 0.00309. The Hall–Kier alpha value is -3.31. The summed E-state index contributed by atoms with van der Waals surface area (Å²) >= 11 is 12.7. The Labute approximate surface area is 248 Å². The van der Waals surface area contributed by atoms with Gasteiger partial charge in [-0.1, -0.05) is 73.3 Å². The van der Waals surface area contributed by atoms with Crippen LogP contribution >= 0.6 is 23.2 Å². The zero-order valence-corrected chi connectivity index (χ0v) is 24.2. The zero-order chi connectivity index (χ0) is 28.5. The lowest BCUT2D eigenvalue weighted by Crippen LogP contribution is -2.41. The fraction of sp³-hybridized carbons (Fsp3) is 0.414. The molecule has 1 saturated heterocycles. The first-order valence-electron chi connectivity index (χ1n) is 13.9. The van der Waals surface area contributed by atoms with Gasteiger partial charge in [-0.2, -0.15) is 4.98 Å². The van der Waals surface area contributed by atoms with Crippen LogP contribution in [0.15, 0.2) is 42.5 Å². The number of benzene rings is 1. The molecule has 6 rings (SSSR count). The fourth-order valence-electron chi connectivity index (χ4n) is 5.95. The monoisotopic (exact) mass is 594 g/mol. The largest absolute Gasteiger partial charge is 0.377 e. The second-order valence-electron chi connectivity index (χ2n) is 10.9. The van der Waals surface area contributed by atoms with E-state index < -0.39 is 0 Å². The van der Waals surface area contributed by atoms with Crippen LogP contribution in [0.25, 0.3) is 22.4 Å². The van der Waals surface area contributed by atoms with Gasteiger partial charge < -0.3 is 14.2 Å². The van der Waals surface area contributed by atoms with Gasteiger partial charge in [0, 0.05) is 18.7 Å². The molecule has 0 spiro atoms. The summed E-state index contributed by atoms with van der Waals surface area (Å²) < 4.78 is 8.17. The summed E-state index contributed by atoms with van der Waals surface area (Å²) in [6, 6.07) is 13.6. The Morgan fingerprint density at radius 3 is 2.49 bits per heavy atom. The predicted molar refractivity (Wildman–Crippen MR) is 159 cm³/mol. The minimum Gasteiger partial charge on any atom is -0.377 e. The molecule has 1 saturated carbocycles. The average molecular weight is 596 g/mol. The predicted octanol–water partition coefficient (Wildman–Crippen LogP) is 5.90. The molecule has 1 aliphatic carbocycles. The van der Waals surface area contributed by atoms with Gasteiger partial charge in [0.15, 0.2) is 17.3 Å². The summed E-state index contributed by atoms with van der Waals surface area (Å²) in [5.41, 5.74) is 5.30. The molecule has 214 valence electrons. The summed E-state index contributed by atoms with van der Waals surface area (Å²) in [7, 11) is 0. The summed E-state index contributed by atoms with van der Waals surface area (Å²) in [6.07, 6.45) is 4.65. The van der Waals surface area contributed by atoms with Gasteiger partial charge in [0.2, 0.25) is 5.95 Å². The highest BCUT2D eigenvalue weighted by atomic mass is 35.5. The third kappa shape index (κ3) is 5.74. The first kappa shape index (κ1) is 27.8. The van der Waals surface area contributed by atoms with Crippen LogP contribution in [0.4, 0.5) is 5.95 Å². The number of hydrogen-bond acceptors (Lipinski definition) is 8. The van der Waals surface area contributed by atoms with Crippen molar-refractivity contribution in [2.45, 2.75) is 45.2 Å². The molecule has 41 heavy (non-hydrogen) atoms. The minimum atomic E-state index is -0.342. The van der Waals surface area contributed by atoms with E-state index in [-0.39, 0.29) is 28.0 Å². The Balaban J connectivity index is 1.58. The maximum absolute atomic E-state index is 9.52. The summed E-state index contributed by atoms with van der Waals surface area (Å²) in [5, 5.41) is 18.2. The van der Waals surface area contributed by atoms with Gasteiger partial charge in [-0.05, 0) is 42.4 Å². The van der Waals surface area contributed by atoms with Gasteiger partial charge in [-0.3, -0.25) is 10.6 Å². The molecule has 4 heterocycles. The van der Waals surface area contributed by atoms with Crippen molar-refractivity contribution in [1.29, 1.82) is 5.41 Å². The number of rotatable bonds is 6. The molecule has 2 fully saturated rings. The van der Waals surface area contributed by atoms with E-state index in [1.54, 1.807) is 12.1 Å². The Morgan fingerprint density at radius 1 is 1.05 bits per heavy atom. The van der Waals surface area contributed by atoms with Crippen LogP contribution in [-0.4, -0.2) is 55.3 Å². The van der Waals surface area contributed by atoms with E-state index in [1.807, 2.05) is 23.7 Å². The van der Waals surface area contributed by atoms with Gasteiger partial charge in [0.25, 0.3) is 0 Å². The first-order chi connectivity index (χ1) is 19.9. The highest BCUT2D eigenvalue weighted by molar-refractivity contribution is 6.33. The lowest BCUT2D eigenvalue weighted by atomic mass is 9.83. The second-order valence-corrected chi connectivity index (χ2v) is 11.7. The number of halogens is 2. The van der Waals surface area contributed by atoms with Gasteiger partial charge >= 0.3 is 0 Å². The molecular formula is C29H32Cl2N8O2. The quantitative estimate of drug-likeness (QED) is 0.109. The number of hydroxylamine groups is 1. The number of imidazole rings is 1. The van der Waals surface area contributed by atoms with Crippen molar-refractivity contribution in [3.05, 3.63) is 64.2 Å². The third-order valence-electron chi connectivity index (χ3n) is 8.10. The Kier molecular flexibility index (Phi) is 8.07. The molecule has 0 bridgehead atoms. The maximum Gasteiger partial charge on any atom is 0.208 e. The van der Waals surface area contributed by atoms with E-state index in [4.69, 9.17) is 43.3 Å². The number of morpholine rings is 1. The smallest absolute Gasteiger partial charge is 0.208 e. The van der Waals surface area contributed by atoms with Crippen molar-refractivity contribution in [1.82, 2.24) is 30.0 Å². The summed E-state index contributed by atoms with van der Waals surface area (Å²) in [6.45, 7) is 4.83. The molecule has 1 aromatic carbocycles. The van der Waals surface area contributed by atoms with E-state index >= 15 is 0 Å². The van der Waals surface area contributed by atoms with Crippen LogP contribution in [-0.2, 0) is 11.3 Å². The SMILES string of the molecule is C[C@H]1CC[C@H](Cn2c(N3CCOC[C@H]3c3ccccc3)nc3nc(C(=N)NO)nc(-c4cc(Cl)nc(Cl)c4)c32)CC1. The number of anilines is 1. The normalized spacial score (nSPS) is 21.3. The van der Waals surface area contributed by atoms with Crippen molar-refractivity contribution >= 4 is 46.1 Å². The molecule has 12 heteroatoms. The number of fused-ring (bicyclic) bond motifs is 1. The molecule has 10 nitrogen and oxygen atoms in total. The molecule has 0 radical (unpaired) electrons. The van der Waals surface area contributed by atoms with E-state index in [2.05, 4.69) is 38.5 Å². The lowest BCUT2D eigenvalue weighted by molar-refractivity contribution is 0.0927. The molecule has 1 atom stereocenters. The second kappa shape index (κ2) is 11.9. The Bertz CT molecular complexity index is 1540. The number of ether oxygens (including phenoxy) is 1. The maximum atomic E-state index is 9.52. The van der Waals surface area contributed by atoms with Crippen LogP contribution < -0.4 is 10.4 Å². The highest BCUT2D eigenvalue weighted by Gasteiger charge is 2.32. The molecule has 2 aliphatic rings. The molecule has 0 unspecified atom stereocenters. The van der Waals surface area contributed by atoms with E-state index in [1.165, 1.54) is 12.8 Å². The number of aromatic nitrogens is 5. The van der Waals surface area contributed by atoms with Crippen molar-refractivity contribution in [3.8, 4) is 11.3 Å². The number of amidine groups is 1. The molecule has 0 amide bonds. The molecule has 1 aliphatic heterocycles. The fourth-order valence-corrected chi connectivity index (χ4v) is 6.41. The van der Waals surface area contributed by atoms with Gasteiger partial charge in [0.1, 0.15) is 21.5 Å². The highest BCUT2D eigenvalue weighted by Crippen LogP contribution is 2.38. The molecule has 3 aromatic heterocycles. The number of nitrogens with zero attached hydrogens (tertiary/aromatic N) is 6.